The number of hydrogen-bond donors (Lipinski definition) is 0. The topological polar surface area (TPSA) is 25.8 Å². The first-order valence-electron chi connectivity index (χ1n) is 6.07. The Balaban J connectivity index is 2.20. The van der Waals surface area contributed by atoms with Crippen LogP contribution in [0.5, 0.6) is 0 Å². The molecule has 0 spiro atoms. The van der Waals surface area contributed by atoms with Crippen LogP contribution in [0.3, 0.4) is 0 Å². The number of rotatable bonds is 1. The molecule has 0 aliphatic rings. The lowest BCUT2D eigenvalue weighted by molar-refractivity contribution is 1.20. The van der Waals surface area contributed by atoms with Crippen molar-refractivity contribution in [2.45, 2.75) is 6.92 Å². The van der Waals surface area contributed by atoms with Gasteiger partial charge >= 0.3 is 0 Å². The van der Waals surface area contributed by atoms with Crippen LogP contribution in [0.25, 0.3) is 22.2 Å². The van der Waals surface area contributed by atoms with Crippen LogP contribution in [0.4, 0.5) is 0 Å². The Morgan fingerprint density at radius 1 is 1.11 bits per heavy atom. The minimum absolute atomic E-state index is 0.863. The van der Waals surface area contributed by atoms with Gasteiger partial charge in [-0.3, -0.25) is 4.98 Å². The maximum atomic E-state index is 5.43. The average Bonchev–Trinajstić information content (AvgIpc) is 2.47. The van der Waals surface area contributed by atoms with E-state index in [1.54, 1.807) is 6.20 Å². The summed E-state index contributed by atoms with van der Waals surface area (Å²) < 4.78 is 0. The zero-order valence-corrected chi connectivity index (χ0v) is 10.6. The number of pyridine rings is 2. The van der Waals surface area contributed by atoms with Crippen molar-refractivity contribution in [3.05, 3.63) is 59.9 Å². The third-order valence-corrected chi connectivity index (χ3v) is 3.12. The molecule has 0 aliphatic carbocycles. The summed E-state index contributed by atoms with van der Waals surface area (Å²) in [5.41, 5.74) is 4.68. The number of terminal acetylenes is 1. The number of aryl methyl sites for hydroxylation is 1. The van der Waals surface area contributed by atoms with Crippen molar-refractivity contribution in [1.82, 2.24) is 9.97 Å². The molecule has 2 aromatic heterocycles. The van der Waals surface area contributed by atoms with Gasteiger partial charge in [0.2, 0.25) is 0 Å². The fourth-order valence-corrected chi connectivity index (χ4v) is 2.11. The van der Waals surface area contributed by atoms with Crippen molar-refractivity contribution < 1.29 is 0 Å². The summed E-state index contributed by atoms with van der Waals surface area (Å²) >= 11 is 0. The quantitative estimate of drug-likeness (QED) is 0.611. The summed E-state index contributed by atoms with van der Waals surface area (Å²) in [4.78, 5) is 8.97. The van der Waals surface area contributed by atoms with E-state index in [4.69, 9.17) is 6.42 Å². The molecule has 2 heterocycles. The smallest absolute Gasteiger partial charge is 0.0921 e. The van der Waals surface area contributed by atoms with E-state index in [9.17, 15) is 0 Å². The summed E-state index contributed by atoms with van der Waals surface area (Å²) in [7, 11) is 0. The first-order chi connectivity index (χ1) is 9.28. The van der Waals surface area contributed by atoms with Crippen LogP contribution in [0.1, 0.15) is 11.3 Å². The molecular formula is C17H12N2. The van der Waals surface area contributed by atoms with E-state index >= 15 is 0 Å². The van der Waals surface area contributed by atoms with Crippen LogP contribution >= 0.6 is 0 Å². The van der Waals surface area contributed by atoms with Gasteiger partial charge in [0, 0.05) is 22.7 Å². The van der Waals surface area contributed by atoms with E-state index in [0.29, 0.717) is 0 Å². The van der Waals surface area contributed by atoms with Crippen LogP contribution in [0, 0.1) is 19.3 Å². The zero-order chi connectivity index (χ0) is 13.2. The summed E-state index contributed by atoms with van der Waals surface area (Å²) in [6.45, 7) is 1.97. The molecule has 19 heavy (non-hydrogen) atoms. The van der Waals surface area contributed by atoms with Crippen molar-refractivity contribution >= 4 is 10.9 Å². The second kappa shape index (κ2) is 4.55. The van der Waals surface area contributed by atoms with Crippen molar-refractivity contribution in [1.29, 1.82) is 0 Å². The molecule has 0 saturated heterocycles. The molecule has 2 nitrogen and oxygen atoms in total. The van der Waals surface area contributed by atoms with Crippen LogP contribution in [0.15, 0.2) is 48.7 Å². The van der Waals surface area contributed by atoms with Gasteiger partial charge in [-0.1, -0.05) is 24.1 Å². The van der Waals surface area contributed by atoms with Crippen molar-refractivity contribution in [2.24, 2.45) is 0 Å². The number of fused-ring (bicyclic) bond motifs is 1. The van der Waals surface area contributed by atoms with E-state index in [2.05, 4.69) is 22.0 Å². The fourth-order valence-electron chi connectivity index (χ4n) is 2.11. The predicted octanol–water partition coefficient (Wildman–Crippen LogP) is 3.59. The van der Waals surface area contributed by atoms with Crippen molar-refractivity contribution in [3.63, 3.8) is 0 Å². The molecule has 0 saturated carbocycles. The van der Waals surface area contributed by atoms with Crippen LogP contribution in [0.2, 0.25) is 0 Å². The second-order valence-corrected chi connectivity index (χ2v) is 4.39. The van der Waals surface area contributed by atoms with Gasteiger partial charge in [-0.15, -0.1) is 6.42 Å². The Morgan fingerprint density at radius 2 is 2.00 bits per heavy atom. The van der Waals surface area contributed by atoms with Gasteiger partial charge in [0.05, 0.1) is 16.9 Å². The Labute approximate surface area is 112 Å². The number of benzene rings is 1. The standard InChI is InChI=1S/C17H12N2/c1-3-13-5-4-6-15(11-13)16-8-7-14-9-10-18-12(2)17(14)19-16/h1,4-11H,2H3. The Morgan fingerprint density at radius 3 is 2.84 bits per heavy atom. The molecule has 0 aliphatic heterocycles. The molecule has 0 unspecified atom stereocenters. The zero-order valence-electron chi connectivity index (χ0n) is 10.6. The minimum Gasteiger partial charge on any atom is -0.259 e. The normalized spacial score (nSPS) is 10.3. The third-order valence-electron chi connectivity index (χ3n) is 3.12. The summed E-state index contributed by atoms with van der Waals surface area (Å²) in [6, 6.07) is 13.9. The number of hydrogen-bond acceptors (Lipinski definition) is 2. The molecule has 0 N–H and O–H groups in total. The van der Waals surface area contributed by atoms with Crippen molar-refractivity contribution in [2.75, 3.05) is 0 Å². The van der Waals surface area contributed by atoms with Crippen LogP contribution < -0.4 is 0 Å². The van der Waals surface area contributed by atoms with Gasteiger partial charge in [-0.2, -0.15) is 0 Å². The first-order valence-corrected chi connectivity index (χ1v) is 6.07. The highest BCUT2D eigenvalue weighted by Gasteiger charge is 2.04. The van der Waals surface area contributed by atoms with E-state index in [-0.39, 0.29) is 0 Å². The van der Waals surface area contributed by atoms with E-state index < -0.39 is 0 Å². The summed E-state index contributed by atoms with van der Waals surface area (Å²) in [5, 5.41) is 1.10. The average molecular weight is 244 g/mol. The largest absolute Gasteiger partial charge is 0.259 e. The molecule has 2 heteroatoms. The van der Waals surface area contributed by atoms with Gasteiger partial charge in [0.25, 0.3) is 0 Å². The molecule has 0 bridgehead atoms. The number of aromatic nitrogens is 2. The lowest BCUT2D eigenvalue weighted by Gasteiger charge is -2.05. The van der Waals surface area contributed by atoms with Gasteiger partial charge < -0.3 is 0 Å². The Kier molecular flexibility index (Phi) is 2.74. The Hall–Kier alpha value is -2.66. The lowest BCUT2D eigenvalue weighted by atomic mass is 10.1. The minimum atomic E-state index is 0.863. The number of nitrogens with zero attached hydrogens (tertiary/aromatic N) is 2. The van der Waals surface area contributed by atoms with E-state index in [1.165, 1.54) is 0 Å². The highest BCUT2D eigenvalue weighted by Crippen LogP contribution is 2.22. The summed E-state index contributed by atoms with van der Waals surface area (Å²) in [5.74, 6) is 2.65. The van der Waals surface area contributed by atoms with Gasteiger partial charge in [-0.25, -0.2) is 4.98 Å². The first kappa shape index (κ1) is 11.4. The van der Waals surface area contributed by atoms with Gasteiger partial charge in [-0.05, 0) is 31.2 Å². The Bertz CT molecular complexity index is 798. The van der Waals surface area contributed by atoms with Crippen LogP contribution in [-0.2, 0) is 0 Å². The summed E-state index contributed by atoms with van der Waals surface area (Å²) in [6.07, 6.45) is 7.23. The molecule has 1 aromatic carbocycles. The van der Waals surface area contributed by atoms with Gasteiger partial charge in [0.15, 0.2) is 0 Å². The molecule has 3 rings (SSSR count). The van der Waals surface area contributed by atoms with E-state index in [1.807, 2.05) is 43.3 Å². The monoisotopic (exact) mass is 244 g/mol. The maximum Gasteiger partial charge on any atom is 0.0921 e. The van der Waals surface area contributed by atoms with Gasteiger partial charge in [0.1, 0.15) is 0 Å². The SMILES string of the molecule is C#Cc1cccc(-c2ccc3ccnc(C)c3n2)c1. The fraction of sp³-hybridized carbons (Fsp3) is 0.0588. The third kappa shape index (κ3) is 2.07. The van der Waals surface area contributed by atoms with Crippen LogP contribution in [-0.4, -0.2) is 9.97 Å². The van der Waals surface area contributed by atoms with Crippen molar-refractivity contribution in [3.8, 4) is 23.6 Å². The molecule has 3 aromatic rings. The molecular weight excluding hydrogens is 232 g/mol. The maximum absolute atomic E-state index is 5.43. The lowest BCUT2D eigenvalue weighted by Crippen LogP contribution is -1.90. The molecule has 0 atom stereocenters. The molecule has 0 amide bonds. The second-order valence-electron chi connectivity index (χ2n) is 4.39. The molecule has 90 valence electrons. The highest BCUT2D eigenvalue weighted by molar-refractivity contribution is 5.83. The molecule has 0 fully saturated rings. The molecule has 0 radical (unpaired) electrons. The predicted molar refractivity (Wildman–Crippen MR) is 77.6 cm³/mol. The highest BCUT2D eigenvalue weighted by atomic mass is 14.8. The van der Waals surface area contributed by atoms with E-state index in [0.717, 1.165) is 33.4 Å².